The van der Waals surface area contributed by atoms with Crippen molar-refractivity contribution in [3.63, 3.8) is 0 Å². The lowest BCUT2D eigenvalue weighted by Gasteiger charge is -2.09. The van der Waals surface area contributed by atoms with Crippen LogP contribution in [0.3, 0.4) is 0 Å². The zero-order chi connectivity index (χ0) is 14.5. The molecule has 0 aliphatic rings. The van der Waals surface area contributed by atoms with Gasteiger partial charge in [-0.3, -0.25) is 4.68 Å². The quantitative estimate of drug-likeness (QED) is 0.879. The highest BCUT2D eigenvalue weighted by Crippen LogP contribution is 2.23. The molecule has 1 aromatic heterocycles. The van der Waals surface area contributed by atoms with Crippen LogP contribution in [0.15, 0.2) is 35.1 Å². The summed E-state index contributed by atoms with van der Waals surface area (Å²) in [4.78, 5) is 0. The van der Waals surface area contributed by atoms with Crippen LogP contribution >= 0.6 is 15.9 Å². The van der Waals surface area contributed by atoms with Crippen LogP contribution < -0.4 is 10.1 Å². The molecule has 5 heteroatoms. The molecule has 4 nitrogen and oxygen atoms in total. The number of nitrogens with zero attached hydrogens (tertiary/aromatic N) is 2. The Balaban J connectivity index is 2.08. The summed E-state index contributed by atoms with van der Waals surface area (Å²) >= 11 is 3.49. The average molecular weight is 338 g/mol. The third-order valence-corrected chi connectivity index (χ3v) is 3.47. The van der Waals surface area contributed by atoms with Gasteiger partial charge in [-0.05, 0) is 18.2 Å². The number of rotatable bonds is 6. The summed E-state index contributed by atoms with van der Waals surface area (Å²) in [6.45, 7) is 5.81. The summed E-state index contributed by atoms with van der Waals surface area (Å²) in [5, 5.41) is 7.79. The van der Waals surface area contributed by atoms with Gasteiger partial charge in [-0.15, -0.1) is 0 Å². The summed E-state index contributed by atoms with van der Waals surface area (Å²) in [7, 11) is 1.69. The Bertz CT molecular complexity index is 566. The van der Waals surface area contributed by atoms with E-state index in [9.17, 15) is 0 Å². The number of hydrogen-bond donors (Lipinski definition) is 1. The van der Waals surface area contributed by atoms with Crippen LogP contribution in [-0.2, 0) is 13.1 Å². The number of aromatic nitrogens is 2. The fourth-order valence-corrected chi connectivity index (χ4v) is 2.36. The monoisotopic (exact) mass is 337 g/mol. The van der Waals surface area contributed by atoms with Gasteiger partial charge in [0, 0.05) is 34.4 Å². The molecule has 1 N–H and O–H groups in total. The van der Waals surface area contributed by atoms with Crippen LogP contribution in [0.25, 0.3) is 0 Å². The molecular weight excluding hydrogens is 318 g/mol. The Labute approximate surface area is 128 Å². The number of ether oxygens (including phenoxy) is 1. The molecule has 0 atom stereocenters. The van der Waals surface area contributed by atoms with E-state index < -0.39 is 0 Å². The molecular formula is C15H20BrN3O. The van der Waals surface area contributed by atoms with E-state index >= 15 is 0 Å². The Morgan fingerprint density at radius 1 is 1.40 bits per heavy atom. The maximum absolute atomic E-state index is 5.38. The molecule has 0 fully saturated rings. The van der Waals surface area contributed by atoms with Crippen molar-refractivity contribution < 1.29 is 4.74 Å². The maximum atomic E-state index is 5.38. The molecule has 0 aliphatic heterocycles. The second-order valence-electron chi connectivity index (χ2n) is 5.04. The first-order valence-corrected chi connectivity index (χ1v) is 7.45. The fraction of sp³-hybridized carbons (Fsp3) is 0.400. The molecule has 2 aromatic rings. The van der Waals surface area contributed by atoms with E-state index in [1.807, 2.05) is 23.0 Å². The minimum absolute atomic E-state index is 0.475. The van der Waals surface area contributed by atoms with Crippen LogP contribution in [0.1, 0.15) is 25.0 Å². The highest BCUT2D eigenvalue weighted by molar-refractivity contribution is 9.10. The van der Waals surface area contributed by atoms with E-state index in [0.29, 0.717) is 12.6 Å². The third kappa shape index (κ3) is 4.08. The molecule has 1 aromatic carbocycles. The number of hydrogen-bond acceptors (Lipinski definition) is 3. The zero-order valence-corrected chi connectivity index (χ0v) is 13.6. The highest BCUT2D eigenvalue weighted by atomic mass is 79.9. The first kappa shape index (κ1) is 15.1. The number of methoxy groups -OCH3 is 1. The third-order valence-electron chi connectivity index (χ3n) is 2.98. The molecule has 0 spiro atoms. The molecule has 108 valence electrons. The highest BCUT2D eigenvalue weighted by Gasteiger charge is 2.06. The Morgan fingerprint density at radius 3 is 2.90 bits per heavy atom. The molecule has 0 unspecified atom stereocenters. The number of nitrogens with one attached hydrogen (secondary N) is 1. The molecule has 20 heavy (non-hydrogen) atoms. The van der Waals surface area contributed by atoms with E-state index in [1.165, 1.54) is 5.56 Å². The van der Waals surface area contributed by atoms with Crippen LogP contribution in [0, 0.1) is 0 Å². The molecule has 0 saturated carbocycles. The van der Waals surface area contributed by atoms with Crippen molar-refractivity contribution in [2.75, 3.05) is 7.11 Å². The van der Waals surface area contributed by atoms with E-state index in [0.717, 1.165) is 22.3 Å². The fourth-order valence-electron chi connectivity index (χ4n) is 1.95. The Kier molecular flexibility index (Phi) is 5.20. The molecule has 0 saturated heterocycles. The first-order chi connectivity index (χ1) is 9.58. The van der Waals surface area contributed by atoms with Gasteiger partial charge in [0.25, 0.3) is 0 Å². The first-order valence-electron chi connectivity index (χ1n) is 6.65. The average Bonchev–Trinajstić information content (AvgIpc) is 2.84. The van der Waals surface area contributed by atoms with Crippen LogP contribution in [0.2, 0.25) is 0 Å². The maximum Gasteiger partial charge on any atom is 0.124 e. The van der Waals surface area contributed by atoms with E-state index in [2.05, 4.69) is 52.5 Å². The SMILES string of the molecule is COc1ccc(Br)cc1Cn1cc(CNC(C)C)cn1. The van der Waals surface area contributed by atoms with Gasteiger partial charge in [-0.25, -0.2) is 0 Å². The van der Waals surface area contributed by atoms with Crippen LogP contribution in [0.5, 0.6) is 5.75 Å². The van der Waals surface area contributed by atoms with E-state index in [1.54, 1.807) is 7.11 Å². The van der Waals surface area contributed by atoms with Crippen LogP contribution in [-0.4, -0.2) is 22.9 Å². The van der Waals surface area contributed by atoms with Gasteiger partial charge < -0.3 is 10.1 Å². The van der Waals surface area contributed by atoms with Gasteiger partial charge in [0.15, 0.2) is 0 Å². The molecule has 0 aliphatic carbocycles. The summed E-state index contributed by atoms with van der Waals surface area (Å²) in [5.74, 6) is 0.880. The van der Waals surface area contributed by atoms with Crippen molar-refractivity contribution >= 4 is 15.9 Å². The van der Waals surface area contributed by atoms with Crippen molar-refractivity contribution in [2.45, 2.75) is 33.0 Å². The van der Waals surface area contributed by atoms with Crippen molar-refractivity contribution in [3.05, 3.63) is 46.2 Å². The summed E-state index contributed by atoms with van der Waals surface area (Å²) in [6.07, 6.45) is 3.97. The summed E-state index contributed by atoms with van der Waals surface area (Å²) < 4.78 is 8.36. The predicted octanol–water partition coefficient (Wildman–Crippen LogP) is 3.20. The van der Waals surface area contributed by atoms with E-state index in [4.69, 9.17) is 4.74 Å². The van der Waals surface area contributed by atoms with Gasteiger partial charge in [0.2, 0.25) is 0 Å². The molecule has 0 bridgehead atoms. The predicted molar refractivity (Wildman–Crippen MR) is 84.0 cm³/mol. The summed E-state index contributed by atoms with van der Waals surface area (Å²) in [6, 6.07) is 6.48. The zero-order valence-electron chi connectivity index (χ0n) is 12.1. The van der Waals surface area contributed by atoms with Crippen LogP contribution in [0.4, 0.5) is 0 Å². The molecule has 0 radical (unpaired) electrons. The minimum Gasteiger partial charge on any atom is -0.496 e. The minimum atomic E-state index is 0.475. The van der Waals surface area contributed by atoms with Gasteiger partial charge in [0.05, 0.1) is 19.9 Å². The Hall–Kier alpha value is -1.33. The van der Waals surface area contributed by atoms with Crippen molar-refractivity contribution in [1.29, 1.82) is 0 Å². The molecule has 0 amide bonds. The normalized spacial score (nSPS) is 11.1. The lowest BCUT2D eigenvalue weighted by Crippen LogP contribution is -2.21. The lowest BCUT2D eigenvalue weighted by molar-refractivity contribution is 0.407. The largest absolute Gasteiger partial charge is 0.496 e. The molecule has 1 heterocycles. The van der Waals surface area contributed by atoms with Gasteiger partial charge in [-0.1, -0.05) is 29.8 Å². The van der Waals surface area contributed by atoms with Gasteiger partial charge >= 0.3 is 0 Å². The van der Waals surface area contributed by atoms with Gasteiger partial charge in [0.1, 0.15) is 5.75 Å². The second-order valence-corrected chi connectivity index (χ2v) is 5.95. The van der Waals surface area contributed by atoms with E-state index in [-0.39, 0.29) is 0 Å². The topological polar surface area (TPSA) is 39.1 Å². The Morgan fingerprint density at radius 2 is 2.20 bits per heavy atom. The standard InChI is InChI=1S/C15H20BrN3O/c1-11(2)17-7-12-8-18-19(9-12)10-13-6-14(16)4-5-15(13)20-3/h4-6,8-9,11,17H,7,10H2,1-3H3. The number of benzene rings is 1. The number of halogens is 1. The second kappa shape index (κ2) is 6.90. The van der Waals surface area contributed by atoms with Gasteiger partial charge in [-0.2, -0.15) is 5.10 Å². The molecule has 2 rings (SSSR count). The van der Waals surface area contributed by atoms with Crippen molar-refractivity contribution in [2.24, 2.45) is 0 Å². The smallest absolute Gasteiger partial charge is 0.124 e. The van der Waals surface area contributed by atoms with Crippen molar-refractivity contribution in [3.8, 4) is 5.75 Å². The van der Waals surface area contributed by atoms with Crippen molar-refractivity contribution in [1.82, 2.24) is 15.1 Å². The summed E-state index contributed by atoms with van der Waals surface area (Å²) in [5.41, 5.74) is 2.29. The lowest BCUT2D eigenvalue weighted by atomic mass is 10.2.